The monoisotopic (exact) mass is 223 g/mol. The topological polar surface area (TPSA) is 39.2 Å². The molecule has 1 heterocycles. The zero-order chi connectivity index (χ0) is 11.3. The smallest absolute Gasteiger partial charge is 0.317 e. The second-order valence-electron chi connectivity index (χ2n) is 2.85. The fourth-order valence-electron chi connectivity index (χ4n) is 0.902. The number of carbonyl (C=O) groups excluding carboxylic acids is 1. The molecular formula is C11H10ClNO2. The molecule has 0 bridgehead atoms. The number of hydrogen-bond donors (Lipinski definition) is 0. The van der Waals surface area contributed by atoms with Crippen molar-refractivity contribution < 1.29 is 9.53 Å². The third kappa shape index (κ3) is 3.61. The van der Waals surface area contributed by atoms with E-state index in [1.54, 1.807) is 6.07 Å². The lowest BCUT2D eigenvalue weighted by Gasteiger charge is -1.96. The molecule has 15 heavy (non-hydrogen) atoms. The summed E-state index contributed by atoms with van der Waals surface area (Å²) < 4.78 is 4.45. The number of esters is 1. The van der Waals surface area contributed by atoms with Crippen molar-refractivity contribution in [1.29, 1.82) is 0 Å². The number of ether oxygens (including phenoxy) is 1. The predicted molar refractivity (Wildman–Crippen MR) is 57.5 cm³/mol. The van der Waals surface area contributed by atoms with Crippen LogP contribution in [-0.4, -0.2) is 18.1 Å². The van der Waals surface area contributed by atoms with Gasteiger partial charge in [-0.05, 0) is 19.1 Å². The molecule has 0 aliphatic carbocycles. The molecule has 0 amide bonds. The molecule has 78 valence electrons. The standard InChI is InChI=1S/C11H10ClNO2/c1-8-6-7-9(11(12)13-8)4-3-5-10(14)15-2/h6-7H,5H2,1-2H3. The molecule has 0 aromatic carbocycles. The summed E-state index contributed by atoms with van der Waals surface area (Å²) in [4.78, 5) is 14.8. The van der Waals surface area contributed by atoms with Crippen LogP contribution in [0, 0.1) is 18.8 Å². The summed E-state index contributed by atoms with van der Waals surface area (Å²) in [5.41, 5.74) is 1.45. The van der Waals surface area contributed by atoms with E-state index >= 15 is 0 Å². The largest absolute Gasteiger partial charge is 0.468 e. The molecule has 0 N–H and O–H groups in total. The van der Waals surface area contributed by atoms with Crippen LogP contribution in [0.25, 0.3) is 0 Å². The van der Waals surface area contributed by atoms with Crippen molar-refractivity contribution in [2.75, 3.05) is 7.11 Å². The van der Waals surface area contributed by atoms with E-state index in [0.717, 1.165) is 5.69 Å². The maximum atomic E-state index is 10.8. The maximum absolute atomic E-state index is 10.8. The summed E-state index contributed by atoms with van der Waals surface area (Å²) in [5.74, 6) is 5.06. The molecule has 3 nitrogen and oxygen atoms in total. The summed E-state index contributed by atoms with van der Waals surface area (Å²) in [6, 6.07) is 3.59. The number of carbonyl (C=O) groups is 1. The molecule has 1 rings (SSSR count). The third-order valence-electron chi connectivity index (χ3n) is 1.67. The fourth-order valence-corrected chi connectivity index (χ4v) is 1.15. The minimum absolute atomic E-state index is 0.0563. The molecule has 0 saturated carbocycles. The van der Waals surface area contributed by atoms with Crippen LogP contribution in [0.2, 0.25) is 5.15 Å². The first-order valence-electron chi connectivity index (χ1n) is 4.32. The van der Waals surface area contributed by atoms with Crippen molar-refractivity contribution in [2.24, 2.45) is 0 Å². The molecule has 0 aliphatic rings. The third-order valence-corrected chi connectivity index (χ3v) is 1.96. The molecule has 0 spiro atoms. The lowest BCUT2D eigenvalue weighted by Crippen LogP contribution is -1.97. The number of aromatic nitrogens is 1. The van der Waals surface area contributed by atoms with Crippen molar-refractivity contribution in [1.82, 2.24) is 4.98 Å². The van der Waals surface area contributed by atoms with E-state index in [-0.39, 0.29) is 12.4 Å². The maximum Gasteiger partial charge on any atom is 0.317 e. The average Bonchev–Trinajstić information content (AvgIpc) is 2.21. The van der Waals surface area contributed by atoms with Gasteiger partial charge in [0.15, 0.2) is 0 Å². The van der Waals surface area contributed by atoms with Crippen LogP contribution in [0.3, 0.4) is 0 Å². The van der Waals surface area contributed by atoms with E-state index in [0.29, 0.717) is 10.7 Å². The summed E-state index contributed by atoms with van der Waals surface area (Å²) in [7, 11) is 1.32. The zero-order valence-electron chi connectivity index (χ0n) is 8.50. The predicted octanol–water partition coefficient (Wildman–Crippen LogP) is 1.96. The minimum Gasteiger partial charge on any atom is -0.468 e. The van der Waals surface area contributed by atoms with E-state index < -0.39 is 0 Å². The molecule has 1 aromatic heterocycles. The molecule has 4 heteroatoms. The Labute approximate surface area is 93.4 Å². The Balaban J connectivity index is 2.76. The van der Waals surface area contributed by atoms with Crippen LogP contribution in [0.15, 0.2) is 12.1 Å². The molecule has 1 aromatic rings. The summed E-state index contributed by atoms with van der Waals surface area (Å²) in [6.45, 7) is 1.84. The SMILES string of the molecule is COC(=O)CC#Cc1ccc(C)nc1Cl. The van der Waals surface area contributed by atoms with E-state index in [9.17, 15) is 4.79 Å². The Kier molecular flexibility index (Phi) is 4.14. The Morgan fingerprint density at radius 1 is 1.60 bits per heavy atom. The van der Waals surface area contributed by atoms with Crippen LogP contribution < -0.4 is 0 Å². The highest BCUT2D eigenvalue weighted by Crippen LogP contribution is 2.11. The Bertz CT molecular complexity index is 432. The molecular weight excluding hydrogens is 214 g/mol. The lowest BCUT2D eigenvalue weighted by atomic mass is 10.2. The Hall–Kier alpha value is -1.53. The molecule has 0 unspecified atom stereocenters. The van der Waals surface area contributed by atoms with Crippen molar-refractivity contribution in [3.05, 3.63) is 28.5 Å². The van der Waals surface area contributed by atoms with Crippen LogP contribution in [0.5, 0.6) is 0 Å². The Morgan fingerprint density at radius 3 is 2.93 bits per heavy atom. The van der Waals surface area contributed by atoms with Crippen molar-refractivity contribution in [3.8, 4) is 11.8 Å². The fraction of sp³-hybridized carbons (Fsp3) is 0.273. The van der Waals surface area contributed by atoms with Crippen molar-refractivity contribution in [3.63, 3.8) is 0 Å². The first kappa shape index (κ1) is 11.5. The van der Waals surface area contributed by atoms with Gasteiger partial charge in [0.25, 0.3) is 0 Å². The number of pyridine rings is 1. The van der Waals surface area contributed by atoms with Gasteiger partial charge in [0.05, 0.1) is 12.7 Å². The highest BCUT2D eigenvalue weighted by molar-refractivity contribution is 6.30. The van der Waals surface area contributed by atoms with Crippen LogP contribution in [-0.2, 0) is 9.53 Å². The van der Waals surface area contributed by atoms with Crippen LogP contribution >= 0.6 is 11.6 Å². The molecule has 0 aliphatic heterocycles. The summed E-state index contributed by atoms with van der Waals surface area (Å²) in [5, 5.41) is 0.354. The van der Waals surface area contributed by atoms with E-state index in [1.807, 2.05) is 13.0 Å². The average molecular weight is 224 g/mol. The highest BCUT2D eigenvalue weighted by atomic mass is 35.5. The molecule has 0 radical (unpaired) electrons. The number of nitrogens with zero attached hydrogens (tertiary/aromatic N) is 1. The highest BCUT2D eigenvalue weighted by Gasteiger charge is 1.98. The minimum atomic E-state index is -0.362. The van der Waals surface area contributed by atoms with Crippen LogP contribution in [0.4, 0.5) is 0 Å². The zero-order valence-corrected chi connectivity index (χ0v) is 9.26. The van der Waals surface area contributed by atoms with Gasteiger partial charge in [-0.25, -0.2) is 4.98 Å². The van der Waals surface area contributed by atoms with E-state index in [1.165, 1.54) is 7.11 Å². The second-order valence-corrected chi connectivity index (χ2v) is 3.20. The Morgan fingerprint density at radius 2 is 2.33 bits per heavy atom. The van der Waals surface area contributed by atoms with Gasteiger partial charge in [0.1, 0.15) is 11.6 Å². The normalized spacial score (nSPS) is 9.00. The van der Waals surface area contributed by atoms with Gasteiger partial charge < -0.3 is 4.74 Å². The van der Waals surface area contributed by atoms with Gasteiger partial charge in [0, 0.05) is 5.69 Å². The number of hydrogen-bond acceptors (Lipinski definition) is 3. The quantitative estimate of drug-likeness (QED) is 0.415. The summed E-state index contributed by atoms with van der Waals surface area (Å²) in [6.07, 6.45) is 0.0563. The molecule has 0 fully saturated rings. The number of aryl methyl sites for hydroxylation is 1. The van der Waals surface area contributed by atoms with Gasteiger partial charge in [-0.2, -0.15) is 0 Å². The second kappa shape index (κ2) is 5.38. The van der Waals surface area contributed by atoms with Crippen molar-refractivity contribution >= 4 is 17.6 Å². The first-order chi connectivity index (χ1) is 7.13. The lowest BCUT2D eigenvalue weighted by molar-refractivity contribution is -0.139. The van der Waals surface area contributed by atoms with E-state index in [4.69, 9.17) is 11.6 Å². The van der Waals surface area contributed by atoms with Crippen molar-refractivity contribution in [2.45, 2.75) is 13.3 Å². The van der Waals surface area contributed by atoms with Crippen LogP contribution in [0.1, 0.15) is 17.7 Å². The van der Waals surface area contributed by atoms with Gasteiger partial charge in [-0.3, -0.25) is 4.79 Å². The van der Waals surface area contributed by atoms with Gasteiger partial charge in [0.2, 0.25) is 0 Å². The molecule has 0 atom stereocenters. The number of halogens is 1. The number of methoxy groups -OCH3 is 1. The summed E-state index contributed by atoms with van der Waals surface area (Å²) >= 11 is 5.85. The van der Waals surface area contributed by atoms with Gasteiger partial charge >= 0.3 is 5.97 Å². The molecule has 0 saturated heterocycles. The van der Waals surface area contributed by atoms with Gasteiger partial charge in [-0.15, -0.1) is 0 Å². The van der Waals surface area contributed by atoms with E-state index in [2.05, 4.69) is 21.6 Å². The number of rotatable bonds is 1. The first-order valence-corrected chi connectivity index (χ1v) is 4.70. The van der Waals surface area contributed by atoms with Gasteiger partial charge in [-0.1, -0.05) is 23.4 Å².